The van der Waals surface area contributed by atoms with Crippen molar-refractivity contribution in [2.45, 2.75) is 117 Å². The third-order valence-corrected chi connectivity index (χ3v) is 9.76. The summed E-state index contributed by atoms with van der Waals surface area (Å²) in [5, 5.41) is 13.1. The van der Waals surface area contributed by atoms with Crippen molar-refractivity contribution >= 4 is 17.7 Å². The Kier molecular flexibility index (Phi) is 10.6. The van der Waals surface area contributed by atoms with E-state index in [1.165, 1.54) is 18.6 Å². The van der Waals surface area contributed by atoms with Crippen molar-refractivity contribution in [1.29, 1.82) is 0 Å². The number of piperazine rings is 1. The van der Waals surface area contributed by atoms with E-state index in [2.05, 4.69) is 42.0 Å². The molecule has 0 spiro atoms. The van der Waals surface area contributed by atoms with Crippen LogP contribution in [0.15, 0.2) is 24.3 Å². The first-order chi connectivity index (χ1) is 20.2. The number of nitrogens with zero attached hydrogens (tertiary/aromatic N) is 1. The molecule has 8 nitrogen and oxygen atoms in total. The zero-order valence-corrected chi connectivity index (χ0v) is 27.2. The zero-order valence-electron chi connectivity index (χ0n) is 27.2. The van der Waals surface area contributed by atoms with Crippen molar-refractivity contribution in [3.05, 3.63) is 35.6 Å². The van der Waals surface area contributed by atoms with Crippen LogP contribution in [0.25, 0.3) is 0 Å². The lowest BCUT2D eigenvalue weighted by Gasteiger charge is -2.48. The second kappa shape index (κ2) is 13.6. The molecule has 0 aromatic heterocycles. The fourth-order valence-electron chi connectivity index (χ4n) is 7.08. The molecule has 240 valence electrons. The van der Waals surface area contributed by atoms with Crippen molar-refractivity contribution in [2.75, 3.05) is 26.2 Å². The summed E-state index contributed by atoms with van der Waals surface area (Å²) in [6, 6.07) is 5.08. The molecule has 3 aliphatic rings. The van der Waals surface area contributed by atoms with Gasteiger partial charge >= 0.3 is 0 Å². The largest absolute Gasteiger partial charge is 0.351 e. The van der Waals surface area contributed by atoms with Gasteiger partial charge < -0.3 is 26.2 Å². The fourth-order valence-corrected chi connectivity index (χ4v) is 7.08. The SMILES string of the molecule is CC(C)(C)NC(=O)C1(C2CCCCC2)CCN(C(=O)[C@@H](Cc2ccc(F)cc2)NC(=O)[C@@H]2CN[C@H](C(C)(C)C)CN2)CC1. The smallest absolute Gasteiger partial charge is 0.245 e. The van der Waals surface area contributed by atoms with Gasteiger partial charge in [0.2, 0.25) is 17.7 Å². The lowest BCUT2D eigenvalue weighted by atomic mass is 9.63. The number of piperidine rings is 1. The van der Waals surface area contributed by atoms with Crippen LogP contribution in [0.5, 0.6) is 0 Å². The highest BCUT2D eigenvalue weighted by atomic mass is 19.1. The number of halogens is 1. The summed E-state index contributed by atoms with van der Waals surface area (Å²) in [7, 11) is 0. The van der Waals surface area contributed by atoms with Crippen molar-refractivity contribution in [1.82, 2.24) is 26.2 Å². The number of benzene rings is 1. The molecule has 2 saturated heterocycles. The number of carbonyl (C=O) groups is 3. The van der Waals surface area contributed by atoms with Crippen LogP contribution < -0.4 is 21.3 Å². The van der Waals surface area contributed by atoms with Gasteiger partial charge in [-0.1, -0.05) is 52.2 Å². The molecule has 1 saturated carbocycles. The number of amides is 3. The van der Waals surface area contributed by atoms with Gasteiger partial charge in [-0.15, -0.1) is 0 Å². The quantitative estimate of drug-likeness (QED) is 0.381. The first-order valence-corrected chi connectivity index (χ1v) is 16.3. The molecule has 0 unspecified atom stereocenters. The van der Waals surface area contributed by atoms with E-state index in [0.29, 0.717) is 44.9 Å². The van der Waals surface area contributed by atoms with Crippen LogP contribution in [-0.2, 0) is 20.8 Å². The van der Waals surface area contributed by atoms with Crippen LogP contribution in [0.1, 0.15) is 92.1 Å². The monoisotopic (exact) mass is 599 g/mol. The number of carbonyl (C=O) groups excluding carboxylic acids is 3. The molecule has 3 fully saturated rings. The predicted molar refractivity (Wildman–Crippen MR) is 168 cm³/mol. The third-order valence-electron chi connectivity index (χ3n) is 9.76. The highest BCUT2D eigenvalue weighted by Gasteiger charge is 2.49. The molecule has 0 bridgehead atoms. The Labute approximate surface area is 257 Å². The Hall–Kier alpha value is -2.52. The molecule has 9 heteroatoms. The molecule has 2 aliphatic heterocycles. The van der Waals surface area contributed by atoms with Gasteiger partial charge in [-0.05, 0) is 75.5 Å². The van der Waals surface area contributed by atoms with Gasteiger partial charge in [0.1, 0.15) is 11.9 Å². The van der Waals surface area contributed by atoms with Gasteiger partial charge in [-0.3, -0.25) is 14.4 Å². The summed E-state index contributed by atoms with van der Waals surface area (Å²) in [6.45, 7) is 14.6. The van der Waals surface area contributed by atoms with Crippen LogP contribution in [0.4, 0.5) is 4.39 Å². The van der Waals surface area contributed by atoms with Gasteiger partial charge in [0, 0.05) is 44.2 Å². The molecule has 4 rings (SSSR count). The highest BCUT2D eigenvalue weighted by Crippen LogP contribution is 2.46. The van der Waals surface area contributed by atoms with Gasteiger partial charge in [-0.25, -0.2) is 4.39 Å². The van der Waals surface area contributed by atoms with Gasteiger partial charge in [0.05, 0.1) is 11.5 Å². The van der Waals surface area contributed by atoms with E-state index in [-0.39, 0.29) is 47.0 Å². The van der Waals surface area contributed by atoms with E-state index in [4.69, 9.17) is 0 Å². The summed E-state index contributed by atoms with van der Waals surface area (Å²) in [5.41, 5.74) is 0.0215. The summed E-state index contributed by atoms with van der Waals surface area (Å²) in [5.74, 6) is -0.289. The fraction of sp³-hybridized carbons (Fsp3) is 0.735. The molecule has 1 aromatic carbocycles. The maximum absolute atomic E-state index is 14.1. The minimum atomic E-state index is -0.786. The Bertz CT molecular complexity index is 1100. The van der Waals surface area contributed by atoms with Crippen molar-refractivity contribution in [3.63, 3.8) is 0 Å². The Morgan fingerprint density at radius 1 is 0.953 bits per heavy atom. The van der Waals surface area contributed by atoms with Crippen LogP contribution >= 0.6 is 0 Å². The topological polar surface area (TPSA) is 103 Å². The Morgan fingerprint density at radius 3 is 2.12 bits per heavy atom. The van der Waals surface area contributed by atoms with E-state index in [1.807, 2.05) is 25.7 Å². The van der Waals surface area contributed by atoms with Crippen LogP contribution in [-0.4, -0.2) is 72.5 Å². The van der Waals surface area contributed by atoms with E-state index in [1.54, 1.807) is 12.1 Å². The summed E-state index contributed by atoms with van der Waals surface area (Å²) >= 11 is 0. The van der Waals surface area contributed by atoms with E-state index >= 15 is 0 Å². The summed E-state index contributed by atoms with van der Waals surface area (Å²) < 4.78 is 13.6. The average molecular weight is 600 g/mol. The predicted octanol–water partition coefficient (Wildman–Crippen LogP) is 3.93. The first-order valence-electron chi connectivity index (χ1n) is 16.3. The summed E-state index contributed by atoms with van der Waals surface area (Å²) in [4.78, 5) is 43.1. The van der Waals surface area contributed by atoms with Crippen LogP contribution in [0.2, 0.25) is 0 Å². The zero-order chi connectivity index (χ0) is 31.4. The molecule has 0 radical (unpaired) electrons. The molecular weight excluding hydrogens is 545 g/mol. The normalized spacial score (nSPS) is 24.2. The molecular formula is C34H54FN5O3. The van der Waals surface area contributed by atoms with Crippen molar-refractivity contribution in [2.24, 2.45) is 16.7 Å². The third kappa shape index (κ3) is 8.56. The minimum Gasteiger partial charge on any atom is -0.351 e. The van der Waals surface area contributed by atoms with Crippen LogP contribution in [0.3, 0.4) is 0 Å². The first kappa shape index (κ1) is 33.4. The lowest BCUT2D eigenvalue weighted by molar-refractivity contribution is -0.147. The van der Waals surface area contributed by atoms with E-state index in [9.17, 15) is 18.8 Å². The standard InChI is InChI=1S/C34H54FN5O3/c1-32(2,3)28-22-36-27(21-37-28)29(41)38-26(20-23-12-14-25(35)15-13-23)30(42)40-18-16-34(17-19-40,24-10-8-7-9-11-24)31(43)39-33(4,5)6/h12-15,24,26-28,36-37H,7-11,16-22H2,1-6H3,(H,38,41)(H,39,43)/t26-,27+,28+/m1/s1. The molecule has 3 atom stereocenters. The number of nitrogens with one attached hydrogen (secondary N) is 4. The Balaban J connectivity index is 1.48. The molecule has 3 amide bonds. The highest BCUT2D eigenvalue weighted by molar-refractivity contribution is 5.90. The molecule has 4 N–H and O–H groups in total. The number of rotatable bonds is 7. The van der Waals surface area contributed by atoms with E-state index < -0.39 is 17.5 Å². The van der Waals surface area contributed by atoms with Gasteiger partial charge in [-0.2, -0.15) is 0 Å². The van der Waals surface area contributed by atoms with Gasteiger partial charge in [0.25, 0.3) is 0 Å². The van der Waals surface area contributed by atoms with E-state index in [0.717, 1.165) is 31.2 Å². The molecule has 43 heavy (non-hydrogen) atoms. The number of likely N-dealkylation sites (tertiary alicyclic amines) is 1. The second-order valence-electron chi connectivity index (χ2n) is 15.2. The van der Waals surface area contributed by atoms with Crippen molar-refractivity contribution < 1.29 is 18.8 Å². The average Bonchev–Trinajstić information content (AvgIpc) is 2.96. The second-order valence-corrected chi connectivity index (χ2v) is 15.2. The number of hydrogen-bond acceptors (Lipinski definition) is 5. The lowest BCUT2D eigenvalue weighted by Crippen LogP contribution is -2.64. The molecule has 1 aliphatic carbocycles. The Morgan fingerprint density at radius 2 is 1.58 bits per heavy atom. The maximum atomic E-state index is 14.1. The maximum Gasteiger partial charge on any atom is 0.245 e. The molecule has 1 aromatic rings. The molecule has 2 heterocycles. The minimum absolute atomic E-state index is 0.0560. The van der Waals surface area contributed by atoms with Crippen molar-refractivity contribution in [3.8, 4) is 0 Å². The van der Waals surface area contributed by atoms with Gasteiger partial charge in [0.15, 0.2) is 0 Å². The number of hydrogen-bond donors (Lipinski definition) is 4. The van der Waals surface area contributed by atoms with Crippen LogP contribution in [0, 0.1) is 22.6 Å². The summed E-state index contributed by atoms with van der Waals surface area (Å²) in [6.07, 6.45) is 7.10.